The number of fused-ring (bicyclic) bond motifs is 2. The van der Waals surface area contributed by atoms with E-state index in [0.717, 1.165) is 12.6 Å². The molecular formula is C21H23F2NO3. The molecule has 2 aromatic carbocycles. The summed E-state index contributed by atoms with van der Waals surface area (Å²) in [7, 11) is 1.29. The van der Waals surface area contributed by atoms with Gasteiger partial charge in [-0.05, 0) is 36.1 Å². The maximum atomic E-state index is 14.0. The molecule has 2 unspecified atom stereocenters. The highest BCUT2D eigenvalue weighted by atomic mass is 19.2. The molecule has 144 valence electrons. The monoisotopic (exact) mass is 375 g/mol. The number of methoxy groups -OCH3 is 1. The average Bonchev–Trinajstić information content (AvgIpc) is 2.65. The predicted molar refractivity (Wildman–Crippen MR) is 96.4 cm³/mol. The third-order valence-corrected chi connectivity index (χ3v) is 5.67. The first-order valence-corrected chi connectivity index (χ1v) is 9.13. The summed E-state index contributed by atoms with van der Waals surface area (Å²) >= 11 is 0. The molecule has 0 spiro atoms. The molecule has 2 aromatic rings. The van der Waals surface area contributed by atoms with E-state index in [4.69, 9.17) is 9.47 Å². The summed E-state index contributed by atoms with van der Waals surface area (Å²) in [5, 5.41) is 11.3. The number of ether oxygens (including phenoxy) is 2. The van der Waals surface area contributed by atoms with Crippen LogP contribution in [0.25, 0.3) is 0 Å². The second-order valence-electron chi connectivity index (χ2n) is 7.42. The Labute approximate surface area is 157 Å². The zero-order chi connectivity index (χ0) is 19.0. The number of rotatable bonds is 4. The fourth-order valence-electron chi connectivity index (χ4n) is 4.31. The van der Waals surface area contributed by atoms with E-state index in [1.165, 1.54) is 18.7 Å². The van der Waals surface area contributed by atoms with Crippen molar-refractivity contribution in [3.63, 3.8) is 0 Å². The van der Waals surface area contributed by atoms with Gasteiger partial charge in [0.1, 0.15) is 0 Å². The second kappa shape index (κ2) is 7.19. The maximum Gasteiger partial charge on any atom is 0.200 e. The highest BCUT2D eigenvalue weighted by molar-refractivity contribution is 5.36. The first-order chi connectivity index (χ1) is 13.0. The summed E-state index contributed by atoms with van der Waals surface area (Å²) in [5.74, 6) is -2.23. The van der Waals surface area contributed by atoms with Crippen molar-refractivity contribution in [1.29, 1.82) is 0 Å². The lowest BCUT2D eigenvalue weighted by Crippen LogP contribution is -2.60. The molecule has 0 aliphatic carbocycles. The van der Waals surface area contributed by atoms with Crippen LogP contribution in [-0.2, 0) is 16.9 Å². The fraction of sp³-hybridized carbons (Fsp3) is 0.429. The topological polar surface area (TPSA) is 41.9 Å². The second-order valence-corrected chi connectivity index (χ2v) is 7.42. The number of aliphatic hydroxyl groups is 1. The van der Waals surface area contributed by atoms with Crippen LogP contribution in [0.4, 0.5) is 8.78 Å². The number of morpholine rings is 1. The summed E-state index contributed by atoms with van der Waals surface area (Å²) in [6, 6.07) is 12.7. The van der Waals surface area contributed by atoms with Crippen LogP contribution in [0.3, 0.4) is 0 Å². The quantitative estimate of drug-likeness (QED) is 0.891. The Bertz CT molecular complexity index is 801. The van der Waals surface area contributed by atoms with Gasteiger partial charge in [-0.25, -0.2) is 4.39 Å². The van der Waals surface area contributed by atoms with Crippen LogP contribution in [-0.4, -0.2) is 42.4 Å². The van der Waals surface area contributed by atoms with Gasteiger partial charge >= 0.3 is 0 Å². The predicted octanol–water partition coefficient (Wildman–Crippen LogP) is 3.22. The number of halogens is 2. The molecule has 0 aromatic heterocycles. The lowest BCUT2D eigenvalue weighted by molar-refractivity contribution is -0.149. The molecule has 0 amide bonds. The fourth-order valence-corrected chi connectivity index (χ4v) is 4.31. The molecule has 2 bridgehead atoms. The maximum absolute atomic E-state index is 14.0. The molecule has 0 radical (unpaired) electrons. The summed E-state index contributed by atoms with van der Waals surface area (Å²) in [4.78, 5) is 2.35. The summed E-state index contributed by atoms with van der Waals surface area (Å²) < 4.78 is 38.4. The van der Waals surface area contributed by atoms with Crippen LogP contribution in [0.5, 0.6) is 5.75 Å². The van der Waals surface area contributed by atoms with Gasteiger partial charge in [0, 0.05) is 18.6 Å². The van der Waals surface area contributed by atoms with E-state index < -0.39 is 17.2 Å². The Kier molecular flexibility index (Phi) is 4.88. The van der Waals surface area contributed by atoms with Gasteiger partial charge in [0.05, 0.1) is 25.9 Å². The van der Waals surface area contributed by atoms with E-state index in [0.29, 0.717) is 31.6 Å². The van der Waals surface area contributed by atoms with Gasteiger partial charge in [-0.15, -0.1) is 0 Å². The third kappa shape index (κ3) is 3.45. The van der Waals surface area contributed by atoms with Gasteiger partial charge in [-0.2, -0.15) is 4.39 Å². The molecule has 27 heavy (non-hydrogen) atoms. The van der Waals surface area contributed by atoms with Crippen LogP contribution in [0, 0.1) is 11.6 Å². The molecule has 0 saturated carbocycles. The molecular weight excluding hydrogens is 352 g/mol. The number of benzene rings is 2. The van der Waals surface area contributed by atoms with Gasteiger partial charge in [0.25, 0.3) is 0 Å². The van der Waals surface area contributed by atoms with Gasteiger partial charge < -0.3 is 14.6 Å². The van der Waals surface area contributed by atoms with Crippen LogP contribution in [0.2, 0.25) is 0 Å². The highest BCUT2D eigenvalue weighted by Gasteiger charge is 2.47. The molecule has 2 fully saturated rings. The molecule has 2 aliphatic heterocycles. The molecule has 1 N–H and O–H groups in total. The number of piperidine rings is 1. The van der Waals surface area contributed by atoms with Crippen molar-refractivity contribution in [2.24, 2.45) is 0 Å². The van der Waals surface area contributed by atoms with Crippen LogP contribution < -0.4 is 4.74 Å². The Balaban J connectivity index is 1.62. The van der Waals surface area contributed by atoms with E-state index in [2.05, 4.69) is 17.0 Å². The molecule has 4 rings (SSSR count). The Morgan fingerprint density at radius 1 is 1.15 bits per heavy atom. The zero-order valence-electron chi connectivity index (χ0n) is 15.2. The van der Waals surface area contributed by atoms with Crippen molar-refractivity contribution < 1.29 is 23.4 Å². The lowest BCUT2D eigenvalue weighted by atomic mass is 9.76. The molecule has 2 aliphatic rings. The van der Waals surface area contributed by atoms with Crippen LogP contribution >= 0.6 is 0 Å². The molecule has 2 heterocycles. The van der Waals surface area contributed by atoms with E-state index in [9.17, 15) is 13.9 Å². The highest BCUT2D eigenvalue weighted by Crippen LogP contribution is 2.43. The van der Waals surface area contributed by atoms with Crippen molar-refractivity contribution in [3.8, 4) is 5.75 Å². The Hall–Kier alpha value is -2.02. The number of hydrogen-bond acceptors (Lipinski definition) is 4. The number of hydrogen-bond donors (Lipinski definition) is 1. The molecule has 6 heteroatoms. The smallest absolute Gasteiger partial charge is 0.200 e. The minimum Gasteiger partial charge on any atom is -0.494 e. The van der Waals surface area contributed by atoms with Gasteiger partial charge in [0.15, 0.2) is 11.6 Å². The first kappa shape index (κ1) is 18.3. The van der Waals surface area contributed by atoms with Gasteiger partial charge in [-0.3, -0.25) is 4.90 Å². The average molecular weight is 375 g/mol. The minimum atomic E-state index is -1.24. The largest absolute Gasteiger partial charge is 0.494 e. The normalized spacial score (nSPS) is 28.1. The van der Waals surface area contributed by atoms with E-state index >= 15 is 0 Å². The minimum absolute atomic E-state index is 0.00168. The zero-order valence-corrected chi connectivity index (χ0v) is 15.2. The lowest BCUT2D eigenvalue weighted by Gasteiger charge is -2.52. The van der Waals surface area contributed by atoms with Crippen molar-refractivity contribution >= 4 is 0 Å². The van der Waals surface area contributed by atoms with Crippen molar-refractivity contribution in [1.82, 2.24) is 4.90 Å². The first-order valence-electron chi connectivity index (χ1n) is 9.13. The standard InChI is InChI=1S/C21H23F2NO3/c1-26-19-8-15(7-18(22)20(19)23)21(25)9-16-12-27-13-17(10-21)24(16)11-14-5-3-2-4-6-14/h2-8,16-17,25H,9-13H2,1H3. The molecule has 2 saturated heterocycles. The van der Waals surface area contributed by atoms with Crippen LogP contribution in [0.1, 0.15) is 24.0 Å². The van der Waals surface area contributed by atoms with E-state index in [-0.39, 0.29) is 17.8 Å². The summed E-state index contributed by atoms with van der Waals surface area (Å²) in [5.41, 5.74) is 0.317. The third-order valence-electron chi connectivity index (χ3n) is 5.67. The van der Waals surface area contributed by atoms with Gasteiger partial charge in [-0.1, -0.05) is 30.3 Å². The summed E-state index contributed by atoms with van der Waals surface area (Å²) in [6.07, 6.45) is 0.787. The van der Waals surface area contributed by atoms with Crippen molar-refractivity contribution in [3.05, 3.63) is 65.2 Å². The number of nitrogens with zero attached hydrogens (tertiary/aromatic N) is 1. The molecule has 4 nitrogen and oxygen atoms in total. The van der Waals surface area contributed by atoms with Crippen LogP contribution in [0.15, 0.2) is 42.5 Å². The Morgan fingerprint density at radius 3 is 2.44 bits per heavy atom. The Morgan fingerprint density at radius 2 is 1.81 bits per heavy atom. The van der Waals surface area contributed by atoms with Crippen molar-refractivity contribution in [2.75, 3.05) is 20.3 Å². The van der Waals surface area contributed by atoms with E-state index in [1.807, 2.05) is 18.2 Å². The van der Waals surface area contributed by atoms with Crippen molar-refractivity contribution in [2.45, 2.75) is 37.1 Å². The van der Waals surface area contributed by atoms with Gasteiger partial charge in [0.2, 0.25) is 5.82 Å². The van der Waals surface area contributed by atoms with E-state index in [1.54, 1.807) is 0 Å². The SMILES string of the molecule is COc1cc(C2(O)CC3COCC(C2)N3Cc2ccccc2)cc(F)c1F. The summed E-state index contributed by atoms with van der Waals surface area (Å²) in [6.45, 7) is 1.79. The molecule has 2 atom stereocenters.